The molecular formula is C28H34N4O2S. The predicted octanol–water partition coefficient (Wildman–Crippen LogP) is 5.64. The molecule has 2 aromatic heterocycles. The molecule has 1 saturated heterocycles. The quantitative estimate of drug-likeness (QED) is 0.412. The van der Waals surface area contributed by atoms with Gasteiger partial charge in [-0.05, 0) is 99.8 Å². The summed E-state index contributed by atoms with van der Waals surface area (Å²) in [6, 6.07) is 16.6. The van der Waals surface area contributed by atoms with Gasteiger partial charge in [0.25, 0.3) is 0 Å². The third kappa shape index (κ3) is 4.80. The number of aryl methyl sites for hydroxylation is 1. The first-order valence-corrected chi connectivity index (χ1v) is 12.9. The second-order valence-electron chi connectivity index (χ2n) is 9.49. The average Bonchev–Trinajstić information content (AvgIpc) is 3.57. The van der Waals surface area contributed by atoms with Crippen LogP contribution in [0.3, 0.4) is 0 Å². The van der Waals surface area contributed by atoms with E-state index in [-0.39, 0.29) is 12.1 Å². The third-order valence-electron chi connectivity index (χ3n) is 7.27. The van der Waals surface area contributed by atoms with Crippen molar-refractivity contribution in [1.82, 2.24) is 14.9 Å². The fourth-order valence-corrected chi connectivity index (χ4v) is 5.83. The van der Waals surface area contributed by atoms with Crippen LogP contribution in [-0.4, -0.2) is 34.5 Å². The van der Waals surface area contributed by atoms with Gasteiger partial charge in [-0.15, -0.1) is 0 Å². The summed E-state index contributed by atoms with van der Waals surface area (Å²) in [5, 5.41) is 4.27. The van der Waals surface area contributed by atoms with Gasteiger partial charge in [-0.25, -0.2) is 0 Å². The highest BCUT2D eigenvalue weighted by atomic mass is 32.1. The number of thiocarbonyl (C=S) groups is 1. The van der Waals surface area contributed by atoms with Crippen molar-refractivity contribution in [3.8, 4) is 5.75 Å². The molecule has 7 heteroatoms. The molecule has 1 aliphatic carbocycles. The van der Waals surface area contributed by atoms with Gasteiger partial charge in [0.15, 0.2) is 5.11 Å². The molecule has 1 aromatic carbocycles. The maximum Gasteiger partial charge on any atom is 0.174 e. The zero-order valence-electron chi connectivity index (χ0n) is 20.7. The van der Waals surface area contributed by atoms with Gasteiger partial charge in [0.2, 0.25) is 0 Å². The van der Waals surface area contributed by atoms with Crippen LogP contribution in [-0.2, 0) is 11.3 Å². The van der Waals surface area contributed by atoms with Gasteiger partial charge in [0.1, 0.15) is 5.75 Å². The number of methoxy groups -OCH3 is 1. The van der Waals surface area contributed by atoms with Crippen LogP contribution in [0.25, 0.3) is 0 Å². The second kappa shape index (κ2) is 10.4. The number of rotatable bonds is 8. The summed E-state index contributed by atoms with van der Waals surface area (Å²) in [7, 11) is 1.74. The highest BCUT2D eigenvalue weighted by Gasteiger charge is 2.42. The molecule has 3 aromatic rings. The lowest BCUT2D eigenvalue weighted by atomic mass is 9.96. The summed E-state index contributed by atoms with van der Waals surface area (Å²) in [4.78, 5) is 6.92. The van der Waals surface area contributed by atoms with Gasteiger partial charge in [-0.1, -0.05) is 6.07 Å². The molecule has 5 rings (SSSR count). The monoisotopic (exact) mass is 490 g/mol. The minimum absolute atomic E-state index is 0.0264. The molecule has 1 saturated carbocycles. The molecule has 0 radical (unpaired) electrons. The van der Waals surface area contributed by atoms with E-state index in [1.54, 1.807) is 7.11 Å². The summed E-state index contributed by atoms with van der Waals surface area (Å²) in [5.74, 6) is 0.925. The molecule has 0 spiro atoms. The van der Waals surface area contributed by atoms with Crippen LogP contribution in [0.2, 0.25) is 0 Å². The first-order valence-electron chi connectivity index (χ1n) is 12.5. The summed E-state index contributed by atoms with van der Waals surface area (Å²) >= 11 is 5.91. The van der Waals surface area contributed by atoms with Gasteiger partial charge in [-0.2, -0.15) is 0 Å². The Kier molecular flexibility index (Phi) is 7.07. The zero-order chi connectivity index (χ0) is 24.4. The first kappa shape index (κ1) is 23.8. The van der Waals surface area contributed by atoms with E-state index < -0.39 is 0 Å². The SMILES string of the molecule is COCCn1c(C)cc([C@H]2[C@H](c3ccccn3)NC(=S)N2c2ccc(OC3CCCC3)cc2)c1C. The van der Waals surface area contributed by atoms with Gasteiger partial charge in [-0.3, -0.25) is 4.98 Å². The zero-order valence-corrected chi connectivity index (χ0v) is 21.6. The average molecular weight is 491 g/mol. The van der Waals surface area contributed by atoms with Crippen LogP contribution in [0.4, 0.5) is 5.69 Å². The van der Waals surface area contributed by atoms with Crippen molar-refractivity contribution in [2.24, 2.45) is 0 Å². The Labute approximate surface area is 213 Å². The molecule has 2 aliphatic rings. The van der Waals surface area contributed by atoms with Gasteiger partial charge in [0, 0.05) is 36.9 Å². The molecule has 0 unspecified atom stereocenters. The predicted molar refractivity (Wildman–Crippen MR) is 143 cm³/mol. The maximum absolute atomic E-state index is 6.21. The molecule has 6 nitrogen and oxygen atoms in total. The minimum atomic E-state index is -0.0607. The summed E-state index contributed by atoms with van der Waals surface area (Å²) in [6.07, 6.45) is 7.00. The first-order chi connectivity index (χ1) is 17.1. The van der Waals surface area contributed by atoms with Crippen LogP contribution in [0.5, 0.6) is 5.75 Å². The van der Waals surface area contributed by atoms with Crippen LogP contribution >= 0.6 is 12.2 Å². The smallest absolute Gasteiger partial charge is 0.174 e. The second-order valence-corrected chi connectivity index (χ2v) is 9.87. The molecule has 184 valence electrons. The van der Waals surface area contributed by atoms with E-state index in [0.717, 1.165) is 36.5 Å². The maximum atomic E-state index is 6.21. The number of aromatic nitrogens is 2. The third-order valence-corrected chi connectivity index (χ3v) is 7.58. The summed E-state index contributed by atoms with van der Waals surface area (Å²) < 4.78 is 13.9. The van der Waals surface area contributed by atoms with Crippen molar-refractivity contribution in [1.29, 1.82) is 0 Å². The lowest BCUT2D eigenvalue weighted by Crippen LogP contribution is -2.29. The summed E-state index contributed by atoms with van der Waals surface area (Å²) in [5.41, 5.74) is 5.71. The highest BCUT2D eigenvalue weighted by Crippen LogP contribution is 2.43. The van der Waals surface area contributed by atoms with Crippen LogP contribution in [0, 0.1) is 13.8 Å². The number of anilines is 1. The fraction of sp³-hybridized carbons (Fsp3) is 0.429. The molecular weight excluding hydrogens is 456 g/mol. The minimum Gasteiger partial charge on any atom is -0.490 e. The van der Waals surface area contributed by atoms with Crippen molar-refractivity contribution in [3.63, 3.8) is 0 Å². The molecule has 2 atom stereocenters. The van der Waals surface area contributed by atoms with Crippen molar-refractivity contribution < 1.29 is 9.47 Å². The van der Waals surface area contributed by atoms with Crippen LogP contribution in [0.15, 0.2) is 54.7 Å². The molecule has 0 bridgehead atoms. The van der Waals surface area contributed by atoms with Gasteiger partial charge >= 0.3 is 0 Å². The number of ether oxygens (including phenoxy) is 2. The lowest BCUT2D eigenvalue weighted by Gasteiger charge is -2.28. The number of nitrogens with one attached hydrogen (secondary N) is 1. The number of hydrogen-bond donors (Lipinski definition) is 1. The molecule has 1 aliphatic heterocycles. The Hall–Kier alpha value is -2.90. The Balaban J connectivity index is 1.51. The van der Waals surface area contributed by atoms with E-state index in [4.69, 9.17) is 21.7 Å². The van der Waals surface area contributed by atoms with Gasteiger partial charge in [0.05, 0.1) is 30.5 Å². The lowest BCUT2D eigenvalue weighted by molar-refractivity contribution is 0.186. The highest BCUT2D eigenvalue weighted by molar-refractivity contribution is 7.80. The van der Waals surface area contributed by atoms with Gasteiger partial charge < -0.3 is 24.3 Å². The number of nitrogens with zero attached hydrogens (tertiary/aromatic N) is 3. The normalized spacial score (nSPS) is 20.4. The molecule has 3 heterocycles. The van der Waals surface area contributed by atoms with Crippen molar-refractivity contribution in [2.75, 3.05) is 18.6 Å². The summed E-state index contributed by atoms with van der Waals surface area (Å²) in [6.45, 7) is 5.83. The van der Waals surface area contributed by atoms with E-state index in [1.165, 1.54) is 29.8 Å². The Morgan fingerprint density at radius 3 is 2.54 bits per heavy atom. The Morgan fingerprint density at radius 1 is 1.09 bits per heavy atom. The van der Waals surface area contributed by atoms with E-state index in [0.29, 0.717) is 17.8 Å². The standard InChI is InChI=1S/C28H34N4O2S/c1-19-18-24(20(2)31(19)16-17-33-3)27-26(25-10-6-7-15-29-25)30-28(35)32(27)21-11-13-23(14-12-21)34-22-8-4-5-9-22/h6-7,10-15,18,22,26-27H,4-5,8-9,16-17H2,1-3H3,(H,30,35)/t26-,27-/m0/s1. The fourth-order valence-electron chi connectivity index (χ4n) is 5.49. The Morgan fingerprint density at radius 2 is 1.86 bits per heavy atom. The van der Waals surface area contributed by atoms with E-state index in [2.05, 4.69) is 70.0 Å². The molecule has 0 amide bonds. The molecule has 35 heavy (non-hydrogen) atoms. The number of pyridine rings is 1. The number of benzene rings is 1. The number of hydrogen-bond acceptors (Lipinski definition) is 4. The van der Waals surface area contributed by atoms with Crippen molar-refractivity contribution >= 4 is 23.0 Å². The Bertz CT molecular complexity index is 1160. The largest absolute Gasteiger partial charge is 0.490 e. The molecule has 1 N–H and O–H groups in total. The molecule has 2 fully saturated rings. The van der Waals surface area contributed by atoms with Crippen molar-refractivity contribution in [3.05, 3.63) is 77.4 Å². The van der Waals surface area contributed by atoms with E-state index >= 15 is 0 Å². The van der Waals surface area contributed by atoms with Crippen molar-refractivity contribution in [2.45, 2.75) is 64.3 Å². The van der Waals surface area contributed by atoms with Crippen LogP contribution < -0.4 is 15.0 Å². The van der Waals surface area contributed by atoms with E-state index in [9.17, 15) is 0 Å². The van der Waals surface area contributed by atoms with Crippen LogP contribution in [0.1, 0.15) is 60.4 Å². The topological polar surface area (TPSA) is 51.5 Å². The van der Waals surface area contributed by atoms with E-state index in [1.807, 2.05) is 18.3 Å².